The molecule has 2 heterocycles. The van der Waals surface area contributed by atoms with Gasteiger partial charge in [0.05, 0.1) is 18.9 Å². The van der Waals surface area contributed by atoms with Crippen LogP contribution >= 0.6 is 11.8 Å². The van der Waals surface area contributed by atoms with E-state index >= 15 is 0 Å². The van der Waals surface area contributed by atoms with Crippen LogP contribution in [0.2, 0.25) is 0 Å². The second kappa shape index (κ2) is 11.2. The van der Waals surface area contributed by atoms with Crippen LogP contribution in [-0.2, 0) is 22.8 Å². The fourth-order valence-electron chi connectivity index (χ4n) is 3.60. The van der Waals surface area contributed by atoms with E-state index < -0.39 is 0 Å². The van der Waals surface area contributed by atoms with E-state index in [1.54, 1.807) is 12.1 Å². The van der Waals surface area contributed by atoms with Crippen LogP contribution in [0.15, 0.2) is 59.8 Å². The lowest BCUT2D eigenvalue weighted by atomic mass is 10.1. The second-order valence-corrected chi connectivity index (χ2v) is 8.58. The van der Waals surface area contributed by atoms with Crippen molar-refractivity contribution in [2.45, 2.75) is 37.6 Å². The van der Waals surface area contributed by atoms with Crippen LogP contribution < -0.4 is 5.48 Å². The summed E-state index contributed by atoms with van der Waals surface area (Å²) in [5.41, 5.74) is 4.21. The summed E-state index contributed by atoms with van der Waals surface area (Å²) in [5.74, 6) is 0.333. The third-order valence-corrected chi connectivity index (χ3v) is 6.13. The smallest absolute Gasteiger partial charge is 0.254 e. The minimum absolute atomic E-state index is 0.123. The van der Waals surface area contributed by atoms with Crippen LogP contribution in [0.4, 0.5) is 4.39 Å². The van der Waals surface area contributed by atoms with E-state index in [0.717, 1.165) is 30.2 Å². The summed E-state index contributed by atoms with van der Waals surface area (Å²) in [4.78, 5) is 19.9. The Morgan fingerprint density at radius 1 is 1.03 bits per heavy atom. The van der Waals surface area contributed by atoms with Crippen LogP contribution in [0.3, 0.4) is 0 Å². The summed E-state index contributed by atoms with van der Waals surface area (Å²) < 4.78 is 15.4. The standard InChI is InChI=1S/C23H26FN5O2S/c24-19-9-11-20(12-10-19)29-21(15-28-13-5-2-6-14-28)25-26-23(29)32-17-22(30)27-31-16-18-7-3-1-4-8-18/h1,3-4,7-12H,2,5-6,13-17H2,(H,27,30). The number of hydrogen-bond donors (Lipinski definition) is 1. The summed E-state index contributed by atoms with van der Waals surface area (Å²) >= 11 is 1.27. The lowest BCUT2D eigenvalue weighted by molar-refractivity contribution is -0.131. The van der Waals surface area contributed by atoms with Crippen molar-refractivity contribution in [2.75, 3.05) is 18.8 Å². The van der Waals surface area contributed by atoms with Crippen molar-refractivity contribution in [3.8, 4) is 5.69 Å². The zero-order valence-corrected chi connectivity index (χ0v) is 18.6. The lowest BCUT2D eigenvalue weighted by Crippen LogP contribution is -2.30. The first kappa shape index (κ1) is 22.4. The predicted octanol–water partition coefficient (Wildman–Crippen LogP) is 3.73. The Morgan fingerprint density at radius 2 is 1.78 bits per heavy atom. The Hall–Kier alpha value is -2.75. The van der Waals surface area contributed by atoms with E-state index in [0.29, 0.717) is 18.3 Å². The van der Waals surface area contributed by atoms with Crippen molar-refractivity contribution in [3.05, 3.63) is 71.8 Å². The van der Waals surface area contributed by atoms with Crippen molar-refractivity contribution < 1.29 is 14.0 Å². The summed E-state index contributed by atoms with van der Waals surface area (Å²) in [6, 6.07) is 15.8. The summed E-state index contributed by atoms with van der Waals surface area (Å²) in [6.45, 7) is 3.01. The third-order valence-electron chi connectivity index (χ3n) is 5.20. The van der Waals surface area contributed by atoms with Gasteiger partial charge >= 0.3 is 0 Å². The number of benzene rings is 2. The number of nitrogens with one attached hydrogen (secondary N) is 1. The molecule has 7 nitrogen and oxygen atoms in total. The van der Waals surface area contributed by atoms with Crippen LogP contribution in [-0.4, -0.2) is 44.4 Å². The Balaban J connectivity index is 1.40. The molecule has 1 fully saturated rings. The van der Waals surface area contributed by atoms with Crippen LogP contribution in [0.1, 0.15) is 30.7 Å². The van der Waals surface area contributed by atoms with Crippen molar-refractivity contribution in [3.63, 3.8) is 0 Å². The van der Waals surface area contributed by atoms with E-state index in [4.69, 9.17) is 4.84 Å². The van der Waals surface area contributed by atoms with Gasteiger partial charge in [-0.3, -0.25) is 19.1 Å². The van der Waals surface area contributed by atoms with Gasteiger partial charge in [0, 0.05) is 5.69 Å². The molecule has 32 heavy (non-hydrogen) atoms. The number of amides is 1. The first-order valence-corrected chi connectivity index (χ1v) is 11.7. The molecular formula is C23H26FN5O2S. The summed E-state index contributed by atoms with van der Waals surface area (Å²) in [5, 5.41) is 9.28. The molecule has 1 aromatic heterocycles. The number of rotatable bonds is 9. The highest BCUT2D eigenvalue weighted by molar-refractivity contribution is 7.99. The molecular weight excluding hydrogens is 429 g/mol. The molecule has 4 rings (SSSR count). The van der Waals surface area contributed by atoms with Gasteiger partial charge in [-0.05, 0) is 55.8 Å². The SMILES string of the molecule is O=C(CSc1nnc(CN2CCCCC2)n1-c1ccc(F)cc1)NOCc1ccccc1. The van der Waals surface area contributed by atoms with E-state index in [2.05, 4.69) is 20.6 Å². The normalized spacial score (nSPS) is 14.4. The third kappa shape index (κ3) is 6.15. The Labute approximate surface area is 190 Å². The summed E-state index contributed by atoms with van der Waals surface area (Å²) in [6.07, 6.45) is 3.61. The molecule has 0 aliphatic carbocycles. The highest BCUT2D eigenvalue weighted by atomic mass is 32.2. The van der Waals surface area contributed by atoms with E-state index in [1.165, 1.54) is 43.2 Å². The average molecular weight is 456 g/mol. The van der Waals surface area contributed by atoms with Crippen LogP contribution in [0.5, 0.6) is 0 Å². The molecule has 1 N–H and O–H groups in total. The number of hydrogen-bond acceptors (Lipinski definition) is 6. The average Bonchev–Trinajstić information content (AvgIpc) is 3.22. The molecule has 0 saturated carbocycles. The molecule has 1 aliphatic heterocycles. The molecule has 1 amide bonds. The molecule has 0 atom stereocenters. The van der Waals surface area contributed by atoms with Crippen molar-refractivity contribution in [2.24, 2.45) is 0 Å². The number of likely N-dealkylation sites (tertiary alicyclic amines) is 1. The fourth-order valence-corrected chi connectivity index (χ4v) is 4.35. The van der Waals surface area contributed by atoms with Gasteiger partial charge < -0.3 is 0 Å². The van der Waals surface area contributed by atoms with Gasteiger partial charge in [0.15, 0.2) is 11.0 Å². The van der Waals surface area contributed by atoms with Gasteiger partial charge in [-0.25, -0.2) is 9.87 Å². The minimum Gasteiger partial charge on any atom is -0.296 e. The largest absolute Gasteiger partial charge is 0.296 e. The number of nitrogens with zero attached hydrogens (tertiary/aromatic N) is 4. The molecule has 1 aliphatic rings. The highest BCUT2D eigenvalue weighted by Crippen LogP contribution is 2.24. The highest BCUT2D eigenvalue weighted by Gasteiger charge is 2.19. The molecule has 0 bridgehead atoms. The first-order chi connectivity index (χ1) is 15.7. The Kier molecular flexibility index (Phi) is 7.87. The van der Waals surface area contributed by atoms with Crippen LogP contribution in [0.25, 0.3) is 5.69 Å². The van der Waals surface area contributed by atoms with Gasteiger partial charge in [0.25, 0.3) is 5.91 Å². The van der Waals surface area contributed by atoms with Crippen molar-refractivity contribution >= 4 is 17.7 Å². The fraction of sp³-hybridized carbons (Fsp3) is 0.348. The van der Waals surface area contributed by atoms with E-state index in [-0.39, 0.29) is 17.5 Å². The number of carbonyl (C=O) groups is 1. The number of thioether (sulfide) groups is 1. The first-order valence-electron chi connectivity index (χ1n) is 10.7. The zero-order valence-electron chi connectivity index (χ0n) is 17.7. The Bertz CT molecular complexity index is 1010. The second-order valence-electron chi connectivity index (χ2n) is 7.64. The van der Waals surface area contributed by atoms with E-state index in [9.17, 15) is 9.18 Å². The molecule has 0 unspecified atom stereocenters. The van der Waals surface area contributed by atoms with Crippen molar-refractivity contribution in [1.29, 1.82) is 0 Å². The number of halogens is 1. The minimum atomic E-state index is -0.302. The molecule has 1 saturated heterocycles. The quantitative estimate of drug-likeness (QED) is 0.392. The maximum atomic E-state index is 13.5. The Morgan fingerprint density at radius 3 is 2.53 bits per heavy atom. The van der Waals surface area contributed by atoms with Gasteiger partial charge in [-0.15, -0.1) is 10.2 Å². The molecule has 2 aromatic carbocycles. The molecule has 0 radical (unpaired) electrons. The monoisotopic (exact) mass is 455 g/mol. The number of aromatic nitrogens is 3. The molecule has 3 aromatic rings. The lowest BCUT2D eigenvalue weighted by Gasteiger charge is -2.26. The summed E-state index contributed by atoms with van der Waals surface area (Å²) in [7, 11) is 0. The number of carbonyl (C=O) groups excluding carboxylic acids is 1. The van der Waals surface area contributed by atoms with Crippen molar-refractivity contribution in [1.82, 2.24) is 25.1 Å². The molecule has 9 heteroatoms. The topological polar surface area (TPSA) is 72.3 Å². The number of hydroxylamine groups is 1. The molecule has 0 spiro atoms. The van der Waals surface area contributed by atoms with Gasteiger partial charge in [-0.1, -0.05) is 48.5 Å². The van der Waals surface area contributed by atoms with Gasteiger partial charge in [-0.2, -0.15) is 0 Å². The van der Waals surface area contributed by atoms with Gasteiger partial charge in [0.2, 0.25) is 0 Å². The van der Waals surface area contributed by atoms with Crippen LogP contribution in [0, 0.1) is 5.82 Å². The zero-order chi connectivity index (χ0) is 22.2. The molecule has 168 valence electrons. The van der Waals surface area contributed by atoms with E-state index in [1.807, 2.05) is 34.9 Å². The maximum Gasteiger partial charge on any atom is 0.254 e. The number of piperidine rings is 1. The predicted molar refractivity (Wildman–Crippen MR) is 121 cm³/mol. The maximum absolute atomic E-state index is 13.5. The van der Waals surface area contributed by atoms with Gasteiger partial charge in [0.1, 0.15) is 5.82 Å².